The van der Waals surface area contributed by atoms with Gasteiger partial charge in [0, 0.05) is 51.0 Å². The van der Waals surface area contributed by atoms with Crippen LogP contribution < -0.4 is 11.1 Å². The van der Waals surface area contributed by atoms with E-state index in [1.54, 1.807) is 13.1 Å². The Morgan fingerprint density at radius 2 is 2.00 bits per heavy atom. The van der Waals surface area contributed by atoms with E-state index < -0.39 is 0 Å². The summed E-state index contributed by atoms with van der Waals surface area (Å²) < 4.78 is 0. The summed E-state index contributed by atoms with van der Waals surface area (Å²) in [6.45, 7) is 3.95. The number of nitrogens with zero attached hydrogens (tertiary/aromatic N) is 2. The lowest BCUT2D eigenvalue weighted by Gasteiger charge is -2.36. The zero-order valence-corrected chi connectivity index (χ0v) is 11.6. The highest BCUT2D eigenvalue weighted by molar-refractivity contribution is 5.97. The third-order valence-corrected chi connectivity index (χ3v) is 3.60. The Morgan fingerprint density at radius 3 is 2.63 bits per heavy atom. The highest BCUT2D eigenvalue weighted by Crippen LogP contribution is 2.22. The van der Waals surface area contributed by atoms with Gasteiger partial charge in [-0.2, -0.15) is 0 Å². The molecule has 0 aromatic carbocycles. The van der Waals surface area contributed by atoms with Crippen molar-refractivity contribution in [1.29, 1.82) is 0 Å². The number of rotatable bonds is 2. The Hall–Kier alpha value is -1.75. The van der Waals surface area contributed by atoms with E-state index in [1.165, 1.54) is 0 Å². The second-order valence-corrected chi connectivity index (χ2v) is 4.98. The molecule has 1 amide bonds. The van der Waals surface area contributed by atoms with E-state index in [1.807, 2.05) is 12.2 Å². The van der Waals surface area contributed by atoms with E-state index in [9.17, 15) is 4.79 Å². The Bertz CT molecular complexity index is 442. The van der Waals surface area contributed by atoms with Crippen molar-refractivity contribution in [3.63, 3.8) is 0 Å². The molecule has 0 aromatic rings. The van der Waals surface area contributed by atoms with E-state index in [0.717, 1.165) is 38.3 Å². The van der Waals surface area contributed by atoms with Crippen LogP contribution in [0.3, 0.4) is 0 Å². The number of nitrogens with two attached hydrogens (primary N) is 1. The second-order valence-electron chi connectivity index (χ2n) is 4.98. The SMILES string of the molecule is CNC(=O)C1=C(N2CCN(C)CC2)CC=CC(N)=C1. The van der Waals surface area contributed by atoms with Gasteiger partial charge < -0.3 is 20.9 Å². The fourth-order valence-electron chi connectivity index (χ4n) is 2.42. The summed E-state index contributed by atoms with van der Waals surface area (Å²) in [4.78, 5) is 16.6. The number of nitrogens with one attached hydrogen (secondary N) is 1. The number of hydrogen-bond donors (Lipinski definition) is 2. The summed E-state index contributed by atoms with van der Waals surface area (Å²) in [6, 6.07) is 0. The van der Waals surface area contributed by atoms with E-state index in [2.05, 4.69) is 22.2 Å². The molecule has 0 unspecified atom stereocenters. The maximum Gasteiger partial charge on any atom is 0.252 e. The van der Waals surface area contributed by atoms with Crippen LogP contribution in [0.1, 0.15) is 6.42 Å². The van der Waals surface area contributed by atoms with Crippen molar-refractivity contribution in [3.8, 4) is 0 Å². The molecule has 0 bridgehead atoms. The van der Waals surface area contributed by atoms with Crippen molar-refractivity contribution in [1.82, 2.24) is 15.1 Å². The molecule has 0 aromatic heterocycles. The fraction of sp³-hybridized carbons (Fsp3) is 0.500. The first-order chi connectivity index (χ1) is 9.11. The monoisotopic (exact) mass is 262 g/mol. The van der Waals surface area contributed by atoms with Gasteiger partial charge in [-0.1, -0.05) is 6.08 Å². The van der Waals surface area contributed by atoms with Gasteiger partial charge >= 0.3 is 0 Å². The maximum absolute atomic E-state index is 12.0. The lowest BCUT2D eigenvalue weighted by molar-refractivity contribution is -0.116. The summed E-state index contributed by atoms with van der Waals surface area (Å²) in [5.74, 6) is -0.0689. The van der Waals surface area contributed by atoms with Gasteiger partial charge in [0.05, 0.1) is 5.57 Å². The molecule has 19 heavy (non-hydrogen) atoms. The topological polar surface area (TPSA) is 61.6 Å². The lowest BCUT2D eigenvalue weighted by Crippen LogP contribution is -2.44. The van der Waals surface area contributed by atoms with Crippen LogP contribution in [0.4, 0.5) is 0 Å². The Morgan fingerprint density at radius 1 is 1.32 bits per heavy atom. The van der Waals surface area contributed by atoms with Gasteiger partial charge in [0.2, 0.25) is 0 Å². The quantitative estimate of drug-likeness (QED) is 0.737. The highest BCUT2D eigenvalue weighted by atomic mass is 16.1. The molecule has 0 radical (unpaired) electrons. The minimum Gasteiger partial charge on any atom is -0.399 e. The van der Waals surface area contributed by atoms with Crippen LogP contribution in [0.5, 0.6) is 0 Å². The lowest BCUT2D eigenvalue weighted by atomic mass is 10.1. The first-order valence-corrected chi connectivity index (χ1v) is 6.64. The van der Waals surface area contributed by atoms with E-state index in [4.69, 9.17) is 5.73 Å². The average Bonchev–Trinajstić information content (AvgIpc) is 2.61. The Labute approximate surface area is 114 Å². The summed E-state index contributed by atoms with van der Waals surface area (Å²) in [7, 11) is 3.77. The number of amides is 1. The fourth-order valence-corrected chi connectivity index (χ4v) is 2.42. The number of hydrogen-bond acceptors (Lipinski definition) is 4. The predicted octanol–water partition coefficient (Wildman–Crippen LogP) is 0.0364. The summed E-state index contributed by atoms with van der Waals surface area (Å²) in [5.41, 5.74) is 8.26. The summed E-state index contributed by atoms with van der Waals surface area (Å²) in [5, 5.41) is 2.70. The van der Waals surface area contributed by atoms with Crippen LogP contribution in [0.15, 0.2) is 35.2 Å². The van der Waals surface area contributed by atoms with Crippen LogP contribution in [0.2, 0.25) is 0 Å². The highest BCUT2D eigenvalue weighted by Gasteiger charge is 2.21. The first-order valence-electron chi connectivity index (χ1n) is 6.64. The molecule has 1 saturated heterocycles. The van der Waals surface area contributed by atoms with Gasteiger partial charge in [0.15, 0.2) is 0 Å². The number of carbonyl (C=O) groups excluding carboxylic acids is 1. The van der Waals surface area contributed by atoms with Gasteiger partial charge in [-0.3, -0.25) is 4.79 Å². The largest absolute Gasteiger partial charge is 0.399 e. The standard InChI is InChI=1S/C14H22N4O/c1-16-14(19)12-10-11(15)4-3-5-13(12)18-8-6-17(2)7-9-18/h3-4,10H,5-9,15H2,1-2H3,(H,16,19). The molecule has 1 heterocycles. The Kier molecular flexibility index (Phi) is 4.27. The van der Waals surface area contributed by atoms with Crippen LogP contribution in [-0.4, -0.2) is 56.0 Å². The van der Waals surface area contributed by atoms with E-state index in [-0.39, 0.29) is 5.91 Å². The Balaban J connectivity index is 2.30. The molecule has 1 aliphatic carbocycles. The van der Waals surface area contributed by atoms with Crippen LogP contribution in [-0.2, 0) is 4.79 Å². The van der Waals surface area contributed by atoms with Crippen LogP contribution >= 0.6 is 0 Å². The molecule has 2 aliphatic rings. The summed E-state index contributed by atoms with van der Waals surface area (Å²) >= 11 is 0. The van der Waals surface area contributed by atoms with E-state index in [0.29, 0.717) is 11.3 Å². The zero-order chi connectivity index (χ0) is 13.8. The van der Waals surface area contributed by atoms with Crippen molar-refractivity contribution in [2.75, 3.05) is 40.3 Å². The predicted molar refractivity (Wildman–Crippen MR) is 76.2 cm³/mol. The molecular weight excluding hydrogens is 240 g/mol. The van der Waals surface area contributed by atoms with Crippen molar-refractivity contribution >= 4 is 5.91 Å². The normalized spacial score (nSPS) is 21.2. The first kappa shape index (κ1) is 13.7. The molecule has 0 spiro atoms. The van der Waals surface area contributed by atoms with Gasteiger partial charge in [-0.05, 0) is 19.2 Å². The molecular formula is C14H22N4O. The molecule has 104 valence electrons. The van der Waals surface area contributed by atoms with Gasteiger partial charge in [-0.25, -0.2) is 0 Å². The van der Waals surface area contributed by atoms with Crippen molar-refractivity contribution < 1.29 is 4.79 Å². The maximum atomic E-state index is 12.0. The smallest absolute Gasteiger partial charge is 0.252 e. The third kappa shape index (κ3) is 3.17. The molecule has 3 N–H and O–H groups in total. The second kappa shape index (κ2) is 5.93. The van der Waals surface area contributed by atoms with Gasteiger partial charge in [0.25, 0.3) is 5.91 Å². The average molecular weight is 262 g/mol. The zero-order valence-electron chi connectivity index (χ0n) is 11.6. The number of carbonyl (C=O) groups is 1. The molecule has 1 aliphatic heterocycles. The van der Waals surface area contributed by atoms with Gasteiger partial charge in [0.1, 0.15) is 0 Å². The number of allylic oxidation sites excluding steroid dienone is 2. The molecule has 0 saturated carbocycles. The molecule has 5 nitrogen and oxygen atoms in total. The minimum atomic E-state index is -0.0689. The summed E-state index contributed by atoms with van der Waals surface area (Å²) in [6.07, 6.45) is 6.42. The van der Waals surface area contributed by atoms with Crippen molar-refractivity contribution in [2.45, 2.75) is 6.42 Å². The third-order valence-electron chi connectivity index (χ3n) is 3.60. The molecule has 5 heteroatoms. The van der Waals surface area contributed by atoms with Crippen molar-refractivity contribution in [3.05, 3.63) is 35.2 Å². The van der Waals surface area contributed by atoms with Crippen molar-refractivity contribution in [2.24, 2.45) is 5.73 Å². The molecule has 0 atom stereocenters. The van der Waals surface area contributed by atoms with E-state index >= 15 is 0 Å². The minimum absolute atomic E-state index is 0.0689. The van der Waals surface area contributed by atoms with Crippen LogP contribution in [0, 0.1) is 0 Å². The number of piperazine rings is 1. The van der Waals surface area contributed by atoms with Gasteiger partial charge in [-0.15, -0.1) is 0 Å². The molecule has 1 fully saturated rings. The molecule has 2 rings (SSSR count). The van der Waals surface area contributed by atoms with Crippen LogP contribution in [0.25, 0.3) is 0 Å². The number of likely N-dealkylation sites (N-methyl/N-ethyl adjacent to an activating group) is 2.